The standard InChI is InChI=1S/C15H20BN3O3/c1-10-12(8-18-19-17)6-11(9-20)7-13(10)16-21-14(2,3)15(4,5)22-16/h6-7,9H,8H2,1-5H3. The minimum Gasteiger partial charge on any atom is -0.399 e. The molecule has 1 saturated heterocycles. The Morgan fingerprint density at radius 3 is 2.36 bits per heavy atom. The van der Waals surface area contributed by atoms with E-state index in [0.717, 1.165) is 22.9 Å². The molecule has 0 aliphatic carbocycles. The highest BCUT2D eigenvalue weighted by Crippen LogP contribution is 2.36. The van der Waals surface area contributed by atoms with Crippen LogP contribution in [0.25, 0.3) is 10.4 Å². The first kappa shape index (κ1) is 16.6. The molecule has 0 atom stereocenters. The highest BCUT2D eigenvalue weighted by molar-refractivity contribution is 6.62. The molecule has 6 nitrogen and oxygen atoms in total. The van der Waals surface area contributed by atoms with E-state index in [0.29, 0.717) is 5.56 Å². The van der Waals surface area contributed by atoms with E-state index in [2.05, 4.69) is 10.0 Å². The van der Waals surface area contributed by atoms with Gasteiger partial charge >= 0.3 is 7.12 Å². The molecule has 0 aromatic heterocycles. The van der Waals surface area contributed by atoms with Gasteiger partial charge in [0.05, 0.1) is 17.7 Å². The molecule has 1 aliphatic heterocycles. The summed E-state index contributed by atoms with van der Waals surface area (Å²) < 4.78 is 12.1. The molecule has 0 spiro atoms. The molecule has 0 N–H and O–H groups in total. The van der Waals surface area contributed by atoms with E-state index >= 15 is 0 Å². The Balaban J connectivity index is 2.47. The zero-order chi connectivity index (χ0) is 16.5. The summed E-state index contributed by atoms with van der Waals surface area (Å²) in [6, 6.07) is 3.50. The fourth-order valence-electron chi connectivity index (χ4n) is 2.38. The highest BCUT2D eigenvalue weighted by atomic mass is 16.7. The van der Waals surface area contributed by atoms with Crippen molar-refractivity contribution in [1.82, 2.24) is 0 Å². The molecule has 1 aromatic carbocycles. The molecular weight excluding hydrogens is 281 g/mol. The predicted octanol–water partition coefficient (Wildman–Crippen LogP) is 2.92. The van der Waals surface area contributed by atoms with E-state index in [-0.39, 0.29) is 6.54 Å². The zero-order valence-corrected chi connectivity index (χ0v) is 13.6. The first-order valence-electron chi connectivity index (χ1n) is 7.17. The average Bonchev–Trinajstić information content (AvgIpc) is 2.66. The van der Waals surface area contributed by atoms with Crippen LogP contribution in [-0.2, 0) is 15.9 Å². The van der Waals surface area contributed by atoms with Gasteiger partial charge in [-0.1, -0.05) is 11.2 Å². The molecule has 0 amide bonds. The van der Waals surface area contributed by atoms with Gasteiger partial charge in [-0.2, -0.15) is 0 Å². The molecule has 0 radical (unpaired) electrons. The maximum absolute atomic E-state index is 11.2. The second-order valence-corrected chi connectivity index (χ2v) is 6.49. The van der Waals surface area contributed by atoms with Gasteiger partial charge in [0.25, 0.3) is 0 Å². The monoisotopic (exact) mass is 301 g/mol. The van der Waals surface area contributed by atoms with Crippen LogP contribution in [0.1, 0.15) is 49.2 Å². The van der Waals surface area contributed by atoms with Crippen molar-refractivity contribution in [3.8, 4) is 0 Å². The van der Waals surface area contributed by atoms with E-state index in [9.17, 15) is 4.79 Å². The number of hydrogen-bond acceptors (Lipinski definition) is 4. The van der Waals surface area contributed by atoms with Crippen molar-refractivity contribution in [1.29, 1.82) is 0 Å². The molecular formula is C15H20BN3O3. The van der Waals surface area contributed by atoms with Crippen LogP contribution in [0.5, 0.6) is 0 Å². The summed E-state index contributed by atoms with van der Waals surface area (Å²) in [5.41, 5.74) is 10.6. The third-order valence-electron chi connectivity index (χ3n) is 4.53. The Bertz CT molecular complexity index is 636. The van der Waals surface area contributed by atoms with Crippen LogP contribution in [0.3, 0.4) is 0 Å². The summed E-state index contributed by atoms with van der Waals surface area (Å²) in [5.74, 6) is 0. The summed E-state index contributed by atoms with van der Waals surface area (Å²) in [6.45, 7) is 10.0. The van der Waals surface area contributed by atoms with Crippen molar-refractivity contribution in [2.24, 2.45) is 5.11 Å². The lowest BCUT2D eigenvalue weighted by atomic mass is 9.74. The fourth-order valence-corrected chi connectivity index (χ4v) is 2.38. The predicted molar refractivity (Wildman–Crippen MR) is 85.1 cm³/mol. The molecule has 0 saturated carbocycles. The highest BCUT2D eigenvalue weighted by Gasteiger charge is 2.52. The lowest BCUT2D eigenvalue weighted by Gasteiger charge is -2.32. The SMILES string of the molecule is Cc1c(CN=[N+]=[N-])cc(C=O)cc1B1OC(C)(C)C(C)(C)O1. The van der Waals surface area contributed by atoms with Crippen molar-refractivity contribution in [2.75, 3.05) is 0 Å². The quantitative estimate of drug-likeness (QED) is 0.282. The third-order valence-corrected chi connectivity index (χ3v) is 4.53. The van der Waals surface area contributed by atoms with Gasteiger partial charge in [0.15, 0.2) is 0 Å². The van der Waals surface area contributed by atoms with Crippen molar-refractivity contribution in [3.63, 3.8) is 0 Å². The fraction of sp³-hybridized carbons (Fsp3) is 0.533. The number of hydrogen-bond donors (Lipinski definition) is 0. The van der Waals surface area contributed by atoms with Crippen molar-refractivity contribution >= 4 is 18.9 Å². The van der Waals surface area contributed by atoms with Gasteiger partial charge in [-0.15, -0.1) is 0 Å². The number of benzene rings is 1. The Hall–Kier alpha value is -1.82. The maximum Gasteiger partial charge on any atom is 0.495 e. The summed E-state index contributed by atoms with van der Waals surface area (Å²) in [4.78, 5) is 14.0. The van der Waals surface area contributed by atoms with Crippen LogP contribution >= 0.6 is 0 Å². The van der Waals surface area contributed by atoms with Crippen molar-refractivity contribution in [3.05, 3.63) is 39.3 Å². The number of carbonyl (C=O) groups excluding carboxylic acids is 1. The molecule has 0 unspecified atom stereocenters. The summed E-state index contributed by atoms with van der Waals surface area (Å²) in [7, 11) is -0.547. The Morgan fingerprint density at radius 2 is 1.86 bits per heavy atom. The lowest BCUT2D eigenvalue weighted by Crippen LogP contribution is -2.41. The third kappa shape index (κ3) is 2.88. The van der Waals surface area contributed by atoms with Crippen LogP contribution in [0.2, 0.25) is 0 Å². The Labute approximate surface area is 130 Å². The summed E-state index contributed by atoms with van der Waals surface area (Å²) in [6.07, 6.45) is 0.772. The molecule has 2 rings (SSSR count). The van der Waals surface area contributed by atoms with E-state index in [1.165, 1.54) is 0 Å². The number of nitrogens with zero attached hydrogens (tertiary/aromatic N) is 3. The van der Waals surface area contributed by atoms with Crippen molar-refractivity contribution in [2.45, 2.75) is 52.4 Å². The van der Waals surface area contributed by atoms with Crippen LogP contribution in [-0.4, -0.2) is 24.6 Å². The number of azide groups is 1. The topological polar surface area (TPSA) is 84.3 Å². The first-order chi connectivity index (χ1) is 10.2. The van der Waals surface area contributed by atoms with Gasteiger partial charge in [0.1, 0.15) is 6.29 Å². The van der Waals surface area contributed by atoms with E-state index in [1.807, 2.05) is 34.6 Å². The minimum absolute atomic E-state index is 0.191. The molecule has 0 bridgehead atoms. The first-order valence-corrected chi connectivity index (χ1v) is 7.17. The van der Waals surface area contributed by atoms with E-state index in [4.69, 9.17) is 14.8 Å². The lowest BCUT2D eigenvalue weighted by molar-refractivity contribution is 0.00578. The molecule has 116 valence electrons. The summed E-state index contributed by atoms with van der Waals surface area (Å²) in [5, 5.41) is 3.59. The smallest absolute Gasteiger partial charge is 0.399 e. The average molecular weight is 301 g/mol. The molecule has 1 aromatic rings. The van der Waals surface area contributed by atoms with Crippen LogP contribution in [0.4, 0.5) is 0 Å². The molecule has 1 aliphatic rings. The van der Waals surface area contributed by atoms with Crippen LogP contribution in [0.15, 0.2) is 17.2 Å². The number of aldehydes is 1. The molecule has 7 heteroatoms. The minimum atomic E-state index is -0.547. The second kappa shape index (κ2) is 5.76. The van der Waals surface area contributed by atoms with Gasteiger partial charge in [0, 0.05) is 10.5 Å². The molecule has 1 heterocycles. The maximum atomic E-state index is 11.2. The second-order valence-electron chi connectivity index (χ2n) is 6.49. The largest absolute Gasteiger partial charge is 0.495 e. The van der Waals surface area contributed by atoms with Crippen LogP contribution < -0.4 is 5.46 Å². The van der Waals surface area contributed by atoms with E-state index in [1.54, 1.807) is 12.1 Å². The number of rotatable bonds is 4. The van der Waals surface area contributed by atoms with Gasteiger partial charge in [0.2, 0.25) is 0 Å². The van der Waals surface area contributed by atoms with E-state index < -0.39 is 18.3 Å². The van der Waals surface area contributed by atoms with Gasteiger partial charge in [-0.3, -0.25) is 4.79 Å². The summed E-state index contributed by atoms with van der Waals surface area (Å²) >= 11 is 0. The Kier molecular flexibility index (Phi) is 4.33. The zero-order valence-electron chi connectivity index (χ0n) is 13.6. The number of carbonyl (C=O) groups is 1. The van der Waals surface area contributed by atoms with Crippen molar-refractivity contribution < 1.29 is 14.1 Å². The van der Waals surface area contributed by atoms with Crippen LogP contribution in [0, 0.1) is 6.92 Å². The Morgan fingerprint density at radius 1 is 1.27 bits per heavy atom. The van der Waals surface area contributed by atoms with Gasteiger partial charge in [-0.25, -0.2) is 0 Å². The molecule has 22 heavy (non-hydrogen) atoms. The molecule has 1 fully saturated rings. The van der Waals surface area contributed by atoms with Gasteiger partial charge < -0.3 is 9.31 Å². The van der Waals surface area contributed by atoms with Gasteiger partial charge in [-0.05, 0) is 62.8 Å². The normalized spacial score (nSPS) is 18.9.